The van der Waals surface area contributed by atoms with E-state index in [1.165, 1.54) is 0 Å². The molecule has 3 aromatic rings. The molecule has 0 saturated carbocycles. The molecular formula is C25H24ClNO4S. The summed E-state index contributed by atoms with van der Waals surface area (Å²) in [6.45, 7) is 0.885. The topological polar surface area (TPSA) is 59.0 Å². The highest BCUT2D eigenvalue weighted by molar-refractivity contribution is 7.99. The summed E-state index contributed by atoms with van der Waals surface area (Å²) in [5.41, 5.74) is 3.01. The van der Waals surface area contributed by atoms with Crippen LogP contribution in [-0.2, 0) is 17.9 Å². The van der Waals surface area contributed by atoms with Crippen molar-refractivity contribution >= 4 is 29.3 Å². The van der Waals surface area contributed by atoms with Crippen molar-refractivity contribution in [2.75, 3.05) is 12.9 Å². The first-order valence-electron chi connectivity index (χ1n) is 10.2. The van der Waals surface area contributed by atoms with Crippen LogP contribution >= 0.6 is 23.4 Å². The number of carbonyl (C=O) groups is 1. The van der Waals surface area contributed by atoms with Crippen LogP contribution in [0.25, 0.3) is 0 Å². The van der Waals surface area contributed by atoms with Crippen LogP contribution in [-0.4, -0.2) is 34.9 Å². The molecule has 166 valence electrons. The molecule has 0 radical (unpaired) electrons. The van der Waals surface area contributed by atoms with Crippen molar-refractivity contribution in [1.82, 2.24) is 4.90 Å². The number of rotatable bonds is 8. The fourth-order valence-electron chi connectivity index (χ4n) is 3.77. The first-order valence-corrected chi connectivity index (χ1v) is 11.7. The lowest BCUT2D eigenvalue weighted by molar-refractivity contribution is -0.142. The lowest BCUT2D eigenvalue weighted by atomic mass is 10.1. The van der Waals surface area contributed by atoms with Crippen LogP contribution < -0.4 is 9.47 Å². The standard InChI is InChI=1S/C25H24ClNO4S/c1-30-22-11-10-18(12-23(22)31-15-17-6-3-2-4-7-17)14-27-21(25(28)29)16-32-24(27)19-8-5-9-20(26)13-19/h2-13,21,24H,14-16H2,1H3,(H,28,29). The van der Waals surface area contributed by atoms with Crippen LogP contribution in [0.4, 0.5) is 0 Å². The zero-order valence-corrected chi connectivity index (χ0v) is 19.2. The molecule has 0 spiro atoms. The maximum Gasteiger partial charge on any atom is 0.321 e. The predicted octanol–water partition coefficient (Wildman–Crippen LogP) is 5.63. The van der Waals surface area contributed by atoms with Gasteiger partial charge in [0.2, 0.25) is 0 Å². The van der Waals surface area contributed by atoms with Crippen LogP contribution in [0.1, 0.15) is 22.1 Å². The van der Waals surface area contributed by atoms with E-state index >= 15 is 0 Å². The normalized spacial score (nSPS) is 18.4. The molecule has 1 aliphatic heterocycles. The molecule has 1 heterocycles. The summed E-state index contributed by atoms with van der Waals surface area (Å²) in [5, 5.41) is 10.4. The van der Waals surface area contributed by atoms with E-state index in [-0.39, 0.29) is 5.37 Å². The molecule has 2 unspecified atom stereocenters. The molecule has 1 aliphatic rings. The fourth-order valence-corrected chi connectivity index (χ4v) is 5.42. The minimum atomic E-state index is -0.823. The van der Waals surface area contributed by atoms with E-state index in [4.69, 9.17) is 21.1 Å². The summed E-state index contributed by atoms with van der Waals surface area (Å²) in [7, 11) is 1.61. The molecule has 7 heteroatoms. The first-order chi connectivity index (χ1) is 15.5. The number of benzene rings is 3. The Hall–Kier alpha value is -2.67. The maximum atomic E-state index is 11.9. The van der Waals surface area contributed by atoms with Crippen LogP contribution in [0.15, 0.2) is 72.8 Å². The largest absolute Gasteiger partial charge is 0.493 e. The van der Waals surface area contributed by atoms with Crippen LogP contribution in [0.2, 0.25) is 5.02 Å². The Morgan fingerprint density at radius 3 is 2.59 bits per heavy atom. The number of methoxy groups -OCH3 is 1. The molecule has 4 rings (SSSR count). The van der Waals surface area contributed by atoms with Crippen molar-refractivity contribution < 1.29 is 19.4 Å². The van der Waals surface area contributed by atoms with Crippen molar-refractivity contribution in [3.05, 3.63) is 94.5 Å². The lowest BCUT2D eigenvalue weighted by Gasteiger charge is -2.28. The van der Waals surface area contributed by atoms with Crippen molar-refractivity contribution in [1.29, 1.82) is 0 Å². The van der Waals surface area contributed by atoms with Gasteiger partial charge < -0.3 is 14.6 Å². The Kier molecular flexibility index (Phi) is 7.25. The number of hydrogen-bond acceptors (Lipinski definition) is 5. The summed E-state index contributed by atoms with van der Waals surface area (Å²) in [6, 6.07) is 22.7. The number of nitrogens with zero attached hydrogens (tertiary/aromatic N) is 1. The lowest BCUT2D eigenvalue weighted by Crippen LogP contribution is -2.38. The summed E-state index contributed by atoms with van der Waals surface area (Å²) >= 11 is 7.81. The number of ether oxygens (including phenoxy) is 2. The third kappa shape index (κ3) is 5.21. The molecular weight excluding hydrogens is 446 g/mol. The molecule has 2 atom stereocenters. The van der Waals surface area contributed by atoms with Crippen molar-refractivity contribution in [3.8, 4) is 11.5 Å². The van der Waals surface area contributed by atoms with E-state index in [0.29, 0.717) is 35.4 Å². The Balaban J connectivity index is 1.58. The molecule has 32 heavy (non-hydrogen) atoms. The molecule has 5 nitrogen and oxygen atoms in total. The molecule has 1 fully saturated rings. The van der Waals surface area contributed by atoms with E-state index in [9.17, 15) is 9.90 Å². The van der Waals surface area contributed by atoms with Crippen molar-refractivity contribution in [2.24, 2.45) is 0 Å². The van der Waals surface area contributed by atoms with Crippen molar-refractivity contribution in [3.63, 3.8) is 0 Å². The van der Waals surface area contributed by atoms with Crippen molar-refractivity contribution in [2.45, 2.75) is 24.6 Å². The number of aliphatic carboxylic acids is 1. The van der Waals surface area contributed by atoms with Gasteiger partial charge in [0.05, 0.1) is 12.5 Å². The van der Waals surface area contributed by atoms with Gasteiger partial charge in [0.25, 0.3) is 0 Å². The van der Waals surface area contributed by atoms with E-state index < -0.39 is 12.0 Å². The van der Waals surface area contributed by atoms with E-state index in [2.05, 4.69) is 0 Å². The fraction of sp³-hybridized carbons (Fsp3) is 0.240. The Bertz CT molecular complexity index is 1080. The third-order valence-corrected chi connectivity index (χ3v) is 6.96. The zero-order chi connectivity index (χ0) is 22.5. The van der Waals surface area contributed by atoms with Gasteiger partial charge >= 0.3 is 5.97 Å². The van der Waals surface area contributed by atoms with E-state index in [1.807, 2.05) is 77.7 Å². The SMILES string of the molecule is COc1ccc(CN2C(C(=O)O)CSC2c2cccc(Cl)c2)cc1OCc1ccccc1. The number of thioether (sulfide) groups is 1. The highest BCUT2D eigenvalue weighted by Gasteiger charge is 2.39. The summed E-state index contributed by atoms with van der Waals surface area (Å²) < 4.78 is 11.5. The number of carboxylic acids is 1. The van der Waals surface area contributed by atoms with E-state index in [1.54, 1.807) is 18.9 Å². The minimum absolute atomic E-state index is 0.0920. The summed E-state index contributed by atoms with van der Waals surface area (Å²) in [5.74, 6) is 0.963. The molecule has 1 saturated heterocycles. The second kappa shape index (κ2) is 10.3. The minimum Gasteiger partial charge on any atom is -0.493 e. The molecule has 1 N–H and O–H groups in total. The van der Waals surface area contributed by atoms with Crippen LogP contribution in [0.5, 0.6) is 11.5 Å². The highest BCUT2D eigenvalue weighted by atomic mass is 35.5. The predicted molar refractivity (Wildman–Crippen MR) is 127 cm³/mol. The van der Waals surface area contributed by atoms with Crippen LogP contribution in [0.3, 0.4) is 0 Å². The third-order valence-electron chi connectivity index (χ3n) is 5.36. The number of carboxylic acid groups (broad SMARTS) is 1. The van der Waals surface area contributed by atoms with E-state index in [0.717, 1.165) is 16.7 Å². The molecule has 0 aromatic heterocycles. The van der Waals surface area contributed by atoms with Gasteiger partial charge in [-0.25, -0.2) is 0 Å². The quantitative estimate of drug-likeness (QED) is 0.461. The summed E-state index contributed by atoms with van der Waals surface area (Å²) in [6.07, 6.45) is 0. The molecule has 0 aliphatic carbocycles. The first kappa shape index (κ1) is 22.5. The smallest absolute Gasteiger partial charge is 0.321 e. The Morgan fingerprint density at radius 1 is 1.06 bits per heavy atom. The molecule has 0 bridgehead atoms. The van der Waals surface area contributed by atoms with Gasteiger partial charge in [0.15, 0.2) is 11.5 Å². The van der Waals surface area contributed by atoms with Gasteiger partial charge in [-0.1, -0.05) is 60.1 Å². The number of hydrogen-bond donors (Lipinski definition) is 1. The van der Waals surface area contributed by atoms with Gasteiger partial charge in [-0.3, -0.25) is 9.69 Å². The second-order valence-corrected chi connectivity index (χ2v) is 9.08. The second-order valence-electron chi connectivity index (χ2n) is 7.53. The van der Waals surface area contributed by atoms with Gasteiger partial charge in [-0.05, 0) is 41.0 Å². The maximum absolute atomic E-state index is 11.9. The Labute approximate surface area is 196 Å². The highest BCUT2D eigenvalue weighted by Crippen LogP contribution is 2.43. The van der Waals surface area contributed by atoms with Crippen LogP contribution in [0, 0.1) is 0 Å². The average Bonchev–Trinajstić information content (AvgIpc) is 3.22. The monoisotopic (exact) mass is 469 g/mol. The Morgan fingerprint density at radius 2 is 1.88 bits per heavy atom. The zero-order valence-electron chi connectivity index (χ0n) is 17.6. The average molecular weight is 470 g/mol. The van der Waals surface area contributed by atoms with Gasteiger partial charge in [0.1, 0.15) is 12.6 Å². The summed E-state index contributed by atoms with van der Waals surface area (Å²) in [4.78, 5) is 13.9. The van der Waals surface area contributed by atoms with Gasteiger partial charge in [0, 0.05) is 17.3 Å². The molecule has 3 aromatic carbocycles. The van der Waals surface area contributed by atoms with Gasteiger partial charge in [-0.15, -0.1) is 11.8 Å². The number of halogens is 1. The van der Waals surface area contributed by atoms with Gasteiger partial charge in [-0.2, -0.15) is 0 Å². The molecule has 0 amide bonds.